The van der Waals surface area contributed by atoms with E-state index in [1.807, 2.05) is 24.3 Å². The standard InChI is InChI=1S/C29H38O8/c1-5-31-23-34-18-17-33-20-22-37-27-13-9-25(10-14-27)29(3,4)24-7-11-26(12-8-24)36-21-19-32-16-15-28(30)35-6-2/h5-14H,1-2,15-23H2,3-4H3. The predicted octanol–water partition coefficient (Wildman–Crippen LogP) is 5.01. The third-order valence-electron chi connectivity index (χ3n) is 5.45. The fraction of sp³-hybridized carbons (Fsp3) is 0.414. The Bertz CT molecular complexity index is 922. The highest BCUT2D eigenvalue weighted by molar-refractivity contribution is 5.69. The molecule has 0 N–H and O–H groups in total. The van der Waals surface area contributed by atoms with Gasteiger partial charge in [-0.05, 0) is 35.4 Å². The van der Waals surface area contributed by atoms with Crippen LogP contribution in [0.3, 0.4) is 0 Å². The van der Waals surface area contributed by atoms with Crippen LogP contribution in [-0.2, 0) is 33.9 Å². The van der Waals surface area contributed by atoms with Gasteiger partial charge in [-0.1, -0.05) is 51.3 Å². The highest BCUT2D eigenvalue weighted by Gasteiger charge is 2.23. The van der Waals surface area contributed by atoms with E-state index in [4.69, 9.17) is 28.4 Å². The molecule has 0 amide bonds. The molecule has 2 aromatic rings. The zero-order chi connectivity index (χ0) is 26.8. The fourth-order valence-electron chi connectivity index (χ4n) is 3.32. The first-order valence-corrected chi connectivity index (χ1v) is 12.2. The Morgan fingerprint density at radius 2 is 1.19 bits per heavy atom. The van der Waals surface area contributed by atoms with Crippen LogP contribution < -0.4 is 9.47 Å². The van der Waals surface area contributed by atoms with Gasteiger partial charge >= 0.3 is 5.97 Å². The zero-order valence-electron chi connectivity index (χ0n) is 21.8. The monoisotopic (exact) mass is 514 g/mol. The lowest BCUT2D eigenvalue weighted by atomic mass is 9.78. The molecule has 2 rings (SSSR count). The zero-order valence-corrected chi connectivity index (χ0v) is 21.8. The van der Waals surface area contributed by atoms with Crippen molar-refractivity contribution in [1.29, 1.82) is 0 Å². The maximum absolute atomic E-state index is 11.2. The van der Waals surface area contributed by atoms with Crippen LogP contribution in [0.15, 0.2) is 74.2 Å². The summed E-state index contributed by atoms with van der Waals surface area (Å²) in [5.41, 5.74) is 2.14. The van der Waals surface area contributed by atoms with Crippen molar-refractivity contribution < 1.29 is 38.0 Å². The molecule has 37 heavy (non-hydrogen) atoms. The first-order valence-electron chi connectivity index (χ1n) is 12.2. The van der Waals surface area contributed by atoms with Crippen LogP contribution in [0.5, 0.6) is 11.5 Å². The largest absolute Gasteiger partial charge is 0.491 e. The minimum atomic E-state index is -0.366. The first-order chi connectivity index (χ1) is 18.0. The topological polar surface area (TPSA) is 81.7 Å². The molecule has 0 fully saturated rings. The molecule has 0 unspecified atom stereocenters. The second-order valence-electron chi connectivity index (χ2n) is 8.36. The molecule has 0 spiro atoms. The van der Waals surface area contributed by atoms with Crippen LogP contribution in [-0.4, -0.2) is 59.0 Å². The van der Waals surface area contributed by atoms with E-state index in [2.05, 4.69) is 56.0 Å². The predicted molar refractivity (Wildman–Crippen MR) is 141 cm³/mol. The highest BCUT2D eigenvalue weighted by Crippen LogP contribution is 2.33. The van der Waals surface area contributed by atoms with Gasteiger partial charge in [0.2, 0.25) is 0 Å². The Hall–Kier alpha value is -3.33. The summed E-state index contributed by atoms with van der Waals surface area (Å²) in [6, 6.07) is 16.1. The van der Waals surface area contributed by atoms with Crippen LogP contribution in [0.1, 0.15) is 31.4 Å². The van der Waals surface area contributed by atoms with E-state index >= 15 is 0 Å². The van der Waals surface area contributed by atoms with Gasteiger partial charge in [0, 0.05) is 5.41 Å². The van der Waals surface area contributed by atoms with Crippen molar-refractivity contribution in [2.75, 3.05) is 53.0 Å². The summed E-state index contributed by atoms with van der Waals surface area (Å²) in [4.78, 5) is 11.2. The molecular formula is C29H38O8. The lowest BCUT2D eigenvalue weighted by Gasteiger charge is -2.26. The smallest absolute Gasteiger partial charge is 0.312 e. The second-order valence-corrected chi connectivity index (χ2v) is 8.36. The van der Waals surface area contributed by atoms with Gasteiger partial charge in [-0.3, -0.25) is 4.79 Å². The Morgan fingerprint density at radius 1 is 0.703 bits per heavy atom. The minimum Gasteiger partial charge on any atom is -0.491 e. The normalized spacial score (nSPS) is 11.0. The van der Waals surface area contributed by atoms with Gasteiger partial charge in [0.25, 0.3) is 0 Å². The van der Waals surface area contributed by atoms with Crippen molar-refractivity contribution in [1.82, 2.24) is 0 Å². The molecule has 0 saturated heterocycles. The van der Waals surface area contributed by atoms with Crippen molar-refractivity contribution >= 4 is 5.97 Å². The molecule has 0 aliphatic heterocycles. The summed E-state index contributed by atoms with van der Waals surface area (Å²) in [5.74, 6) is 1.19. The third-order valence-corrected chi connectivity index (χ3v) is 5.45. The SMILES string of the molecule is C=COCOCCOCCOc1ccc(C(C)(C)c2ccc(OCCOCCC(=O)OC=C)cc2)cc1. The van der Waals surface area contributed by atoms with E-state index in [0.29, 0.717) is 39.6 Å². The molecule has 0 aromatic heterocycles. The molecule has 0 radical (unpaired) electrons. The Morgan fingerprint density at radius 3 is 1.70 bits per heavy atom. The molecule has 0 heterocycles. The lowest BCUT2D eigenvalue weighted by molar-refractivity contribution is -0.139. The van der Waals surface area contributed by atoms with Gasteiger partial charge in [-0.25, -0.2) is 0 Å². The average Bonchev–Trinajstić information content (AvgIpc) is 2.90. The number of esters is 1. The number of hydrogen-bond acceptors (Lipinski definition) is 8. The average molecular weight is 515 g/mol. The van der Waals surface area contributed by atoms with Crippen molar-refractivity contribution in [3.63, 3.8) is 0 Å². The van der Waals surface area contributed by atoms with E-state index in [1.54, 1.807) is 0 Å². The molecule has 0 atom stereocenters. The van der Waals surface area contributed by atoms with Gasteiger partial charge in [-0.2, -0.15) is 0 Å². The number of benzene rings is 2. The summed E-state index contributed by atoms with van der Waals surface area (Å²) >= 11 is 0. The highest BCUT2D eigenvalue weighted by atomic mass is 16.7. The lowest BCUT2D eigenvalue weighted by Crippen LogP contribution is -2.19. The van der Waals surface area contributed by atoms with Gasteiger partial charge in [0.1, 0.15) is 24.7 Å². The third kappa shape index (κ3) is 11.5. The second kappa shape index (κ2) is 17.2. The van der Waals surface area contributed by atoms with E-state index in [-0.39, 0.29) is 31.2 Å². The van der Waals surface area contributed by atoms with Crippen LogP contribution in [0, 0.1) is 0 Å². The summed E-state index contributed by atoms with van der Waals surface area (Å²) in [6.07, 6.45) is 2.63. The molecule has 2 aromatic carbocycles. The number of hydrogen-bond donors (Lipinski definition) is 0. The van der Waals surface area contributed by atoms with Crippen LogP contribution in [0.2, 0.25) is 0 Å². The van der Waals surface area contributed by atoms with E-state index in [0.717, 1.165) is 17.8 Å². The molecule has 0 saturated carbocycles. The fourth-order valence-corrected chi connectivity index (χ4v) is 3.32. The van der Waals surface area contributed by atoms with Crippen LogP contribution in [0.25, 0.3) is 0 Å². The molecule has 8 nitrogen and oxygen atoms in total. The Labute approximate surface area is 219 Å². The van der Waals surface area contributed by atoms with Crippen LogP contribution >= 0.6 is 0 Å². The minimum absolute atomic E-state index is 0.179. The summed E-state index contributed by atoms with van der Waals surface area (Å²) in [7, 11) is 0. The van der Waals surface area contributed by atoms with Crippen molar-refractivity contribution in [3.05, 3.63) is 85.3 Å². The number of ether oxygens (including phenoxy) is 7. The van der Waals surface area contributed by atoms with E-state index < -0.39 is 0 Å². The Balaban J connectivity index is 1.70. The first kappa shape index (κ1) is 29.9. The van der Waals surface area contributed by atoms with Crippen molar-refractivity contribution in [3.8, 4) is 11.5 Å². The van der Waals surface area contributed by atoms with E-state index in [1.165, 1.54) is 17.4 Å². The summed E-state index contributed by atoms with van der Waals surface area (Å²) in [5, 5.41) is 0. The molecule has 202 valence electrons. The van der Waals surface area contributed by atoms with Crippen LogP contribution in [0.4, 0.5) is 0 Å². The number of rotatable bonds is 20. The van der Waals surface area contributed by atoms with Gasteiger partial charge in [0.05, 0.1) is 52.0 Å². The van der Waals surface area contributed by atoms with Crippen molar-refractivity contribution in [2.45, 2.75) is 25.7 Å². The van der Waals surface area contributed by atoms with E-state index in [9.17, 15) is 4.79 Å². The number of carbonyl (C=O) groups excluding carboxylic acids is 1. The summed E-state index contributed by atoms with van der Waals surface area (Å²) in [6.45, 7) is 14.2. The maximum atomic E-state index is 11.2. The molecule has 0 aliphatic carbocycles. The van der Waals surface area contributed by atoms with Gasteiger partial charge in [-0.15, -0.1) is 0 Å². The molecule has 8 heteroatoms. The van der Waals surface area contributed by atoms with Crippen molar-refractivity contribution in [2.24, 2.45) is 0 Å². The summed E-state index contributed by atoms with van der Waals surface area (Å²) < 4.78 is 37.0. The Kier molecular flexibility index (Phi) is 13.9. The number of carbonyl (C=O) groups is 1. The van der Waals surface area contributed by atoms with Gasteiger partial charge in [0.15, 0.2) is 6.79 Å². The maximum Gasteiger partial charge on any atom is 0.312 e. The van der Waals surface area contributed by atoms with Gasteiger partial charge < -0.3 is 33.2 Å². The molecular weight excluding hydrogens is 476 g/mol. The molecule has 0 aliphatic rings. The quantitative estimate of drug-likeness (QED) is 0.106. The molecule has 0 bridgehead atoms.